The summed E-state index contributed by atoms with van der Waals surface area (Å²) in [5, 5.41) is 6.03. The van der Waals surface area contributed by atoms with Crippen molar-refractivity contribution < 1.29 is 14.3 Å². The molecule has 1 saturated heterocycles. The van der Waals surface area contributed by atoms with Gasteiger partial charge in [0.25, 0.3) is 0 Å². The summed E-state index contributed by atoms with van der Waals surface area (Å²) >= 11 is 0. The minimum atomic E-state index is -0.139. The Kier molecular flexibility index (Phi) is 4.29. The van der Waals surface area contributed by atoms with Gasteiger partial charge in [0.1, 0.15) is 5.75 Å². The van der Waals surface area contributed by atoms with Crippen molar-refractivity contribution in [3.05, 3.63) is 29.8 Å². The molecule has 1 aromatic rings. The molecular formula is C16H22N2O3. The van der Waals surface area contributed by atoms with Gasteiger partial charge in [-0.3, -0.25) is 0 Å². The normalized spacial score (nSPS) is 25.6. The standard InChI is InChI=1S/C16H22N2O3/c1-11(14-7-4-9-20-14)17-16(19)18-13-8-10-21-15-6-3-2-5-12(13)15/h2-3,5-6,11,13-14H,4,7-10H2,1H3,(H2,17,18,19)/t11-,13-,14+/m0/s1. The van der Waals surface area contributed by atoms with Crippen molar-refractivity contribution in [1.29, 1.82) is 0 Å². The van der Waals surface area contributed by atoms with Crippen LogP contribution in [0.5, 0.6) is 5.75 Å². The molecule has 0 aliphatic carbocycles. The van der Waals surface area contributed by atoms with Gasteiger partial charge in [0, 0.05) is 18.6 Å². The number of ether oxygens (including phenoxy) is 2. The van der Waals surface area contributed by atoms with Crippen LogP contribution < -0.4 is 15.4 Å². The van der Waals surface area contributed by atoms with Crippen LogP contribution in [-0.2, 0) is 4.74 Å². The Morgan fingerprint density at radius 1 is 1.29 bits per heavy atom. The van der Waals surface area contributed by atoms with Gasteiger partial charge < -0.3 is 20.1 Å². The molecule has 2 heterocycles. The summed E-state index contributed by atoms with van der Waals surface area (Å²) in [5.74, 6) is 0.862. The molecule has 0 radical (unpaired) electrons. The van der Waals surface area contributed by atoms with Gasteiger partial charge in [-0.2, -0.15) is 0 Å². The molecule has 0 unspecified atom stereocenters. The number of amides is 2. The van der Waals surface area contributed by atoms with Gasteiger partial charge in [0.05, 0.1) is 24.8 Å². The summed E-state index contributed by atoms with van der Waals surface area (Å²) in [4.78, 5) is 12.2. The lowest BCUT2D eigenvalue weighted by atomic mass is 10.0. The second-order valence-corrected chi connectivity index (χ2v) is 5.69. The smallest absolute Gasteiger partial charge is 0.315 e. The first-order valence-electron chi connectivity index (χ1n) is 7.64. The maximum absolute atomic E-state index is 12.2. The second kappa shape index (κ2) is 6.35. The van der Waals surface area contributed by atoms with Crippen LogP contribution in [-0.4, -0.2) is 31.4 Å². The number of fused-ring (bicyclic) bond motifs is 1. The average molecular weight is 290 g/mol. The topological polar surface area (TPSA) is 59.6 Å². The molecule has 0 aromatic heterocycles. The summed E-state index contributed by atoms with van der Waals surface area (Å²) in [6.45, 7) is 3.42. The third kappa shape index (κ3) is 3.29. The number of para-hydroxylation sites is 1. The first-order chi connectivity index (χ1) is 10.2. The first kappa shape index (κ1) is 14.2. The molecule has 5 heteroatoms. The number of hydrogen-bond donors (Lipinski definition) is 2. The zero-order valence-electron chi connectivity index (χ0n) is 12.3. The molecule has 1 aromatic carbocycles. The largest absolute Gasteiger partial charge is 0.493 e. The third-order valence-corrected chi connectivity index (χ3v) is 4.15. The van der Waals surface area contributed by atoms with E-state index in [1.807, 2.05) is 31.2 Å². The number of nitrogens with one attached hydrogen (secondary N) is 2. The van der Waals surface area contributed by atoms with Crippen LogP contribution in [0.1, 0.15) is 37.8 Å². The molecule has 2 aliphatic heterocycles. The van der Waals surface area contributed by atoms with E-state index < -0.39 is 0 Å². The van der Waals surface area contributed by atoms with Crippen molar-refractivity contribution in [3.8, 4) is 5.75 Å². The molecule has 2 aliphatic rings. The lowest BCUT2D eigenvalue weighted by Gasteiger charge is -2.28. The average Bonchev–Trinajstić information content (AvgIpc) is 3.02. The van der Waals surface area contributed by atoms with E-state index in [0.29, 0.717) is 6.61 Å². The monoisotopic (exact) mass is 290 g/mol. The molecule has 2 amide bonds. The van der Waals surface area contributed by atoms with Gasteiger partial charge in [-0.05, 0) is 25.8 Å². The molecule has 3 atom stereocenters. The van der Waals surface area contributed by atoms with E-state index in [1.165, 1.54) is 0 Å². The van der Waals surface area contributed by atoms with Crippen molar-refractivity contribution in [2.24, 2.45) is 0 Å². The van der Waals surface area contributed by atoms with Gasteiger partial charge in [-0.1, -0.05) is 18.2 Å². The quantitative estimate of drug-likeness (QED) is 0.898. The Morgan fingerprint density at radius 3 is 2.95 bits per heavy atom. The summed E-state index contributed by atoms with van der Waals surface area (Å²) in [6.07, 6.45) is 3.02. The predicted molar refractivity (Wildman–Crippen MR) is 79.4 cm³/mol. The Hall–Kier alpha value is -1.75. The van der Waals surface area contributed by atoms with Crippen LogP contribution >= 0.6 is 0 Å². The van der Waals surface area contributed by atoms with E-state index >= 15 is 0 Å². The highest BCUT2D eigenvalue weighted by Gasteiger charge is 2.26. The highest BCUT2D eigenvalue weighted by Crippen LogP contribution is 2.31. The van der Waals surface area contributed by atoms with Gasteiger partial charge in [0.15, 0.2) is 0 Å². The number of hydrogen-bond acceptors (Lipinski definition) is 3. The molecule has 0 bridgehead atoms. The van der Waals surface area contributed by atoms with Gasteiger partial charge in [-0.25, -0.2) is 4.79 Å². The van der Waals surface area contributed by atoms with Crippen LogP contribution in [0.4, 0.5) is 4.79 Å². The van der Waals surface area contributed by atoms with Crippen LogP contribution in [0.15, 0.2) is 24.3 Å². The Bertz CT molecular complexity index is 500. The molecule has 2 N–H and O–H groups in total. The highest BCUT2D eigenvalue weighted by atomic mass is 16.5. The van der Waals surface area contributed by atoms with E-state index in [1.54, 1.807) is 0 Å². The van der Waals surface area contributed by atoms with Crippen molar-refractivity contribution in [2.45, 2.75) is 44.4 Å². The van der Waals surface area contributed by atoms with Gasteiger partial charge >= 0.3 is 6.03 Å². The second-order valence-electron chi connectivity index (χ2n) is 5.69. The molecule has 3 rings (SSSR count). The number of carbonyl (C=O) groups excluding carboxylic acids is 1. The van der Waals surface area contributed by atoms with Crippen LogP contribution in [0.2, 0.25) is 0 Å². The number of carbonyl (C=O) groups is 1. The molecule has 1 fully saturated rings. The third-order valence-electron chi connectivity index (χ3n) is 4.15. The molecule has 0 saturated carbocycles. The van der Waals surface area contributed by atoms with Crippen LogP contribution in [0, 0.1) is 0 Å². The van der Waals surface area contributed by atoms with Crippen LogP contribution in [0.25, 0.3) is 0 Å². The first-order valence-corrected chi connectivity index (χ1v) is 7.64. The number of rotatable bonds is 3. The maximum atomic E-state index is 12.2. The van der Waals surface area contributed by atoms with E-state index in [9.17, 15) is 4.79 Å². The minimum Gasteiger partial charge on any atom is -0.493 e. The van der Waals surface area contributed by atoms with Crippen molar-refractivity contribution >= 4 is 6.03 Å². The maximum Gasteiger partial charge on any atom is 0.315 e. The fourth-order valence-corrected chi connectivity index (χ4v) is 2.99. The fraction of sp³-hybridized carbons (Fsp3) is 0.562. The Morgan fingerprint density at radius 2 is 2.14 bits per heavy atom. The van der Waals surface area contributed by atoms with E-state index in [0.717, 1.165) is 37.2 Å². The molecular weight excluding hydrogens is 268 g/mol. The zero-order valence-corrected chi connectivity index (χ0v) is 12.3. The highest BCUT2D eigenvalue weighted by molar-refractivity contribution is 5.75. The van der Waals surface area contributed by atoms with Gasteiger partial charge in [0.2, 0.25) is 0 Å². The minimum absolute atomic E-state index is 0.00615. The predicted octanol–water partition coefficient (Wildman–Crippen LogP) is 2.38. The molecule has 0 spiro atoms. The molecule has 21 heavy (non-hydrogen) atoms. The Balaban J connectivity index is 1.58. The van der Waals surface area contributed by atoms with Crippen molar-refractivity contribution in [3.63, 3.8) is 0 Å². The summed E-state index contributed by atoms with van der Waals surface area (Å²) in [7, 11) is 0. The van der Waals surface area contributed by atoms with Gasteiger partial charge in [-0.15, -0.1) is 0 Å². The van der Waals surface area contributed by atoms with Crippen LogP contribution in [0.3, 0.4) is 0 Å². The van der Waals surface area contributed by atoms with E-state index in [2.05, 4.69) is 10.6 Å². The summed E-state index contributed by atoms with van der Waals surface area (Å²) < 4.78 is 11.2. The van der Waals surface area contributed by atoms with E-state index in [-0.39, 0.29) is 24.2 Å². The van der Waals surface area contributed by atoms with Crippen molar-refractivity contribution in [1.82, 2.24) is 10.6 Å². The fourth-order valence-electron chi connectivity index (χ4n) is 2.99. The summed E-state index contributed by atoms with van der Waals surface area (Å²) in [6, 6.07) is 7.75. The van der Waals surface area contributed by atoms with Crippen molar-refractivity contribution in [2.75, 3.05) is 13.2 Å². The number of urea groups is 1. The zero-order chi connectivity index (χ0) is 14.7. The lowest BCUT2D eigenvalue weighted by Crippen LogP contribution is -2.47. The Labute approximate surface area is 125 Å². The van der Waals surface area contributed by atoms with E-state index in [4.69, 9.17) is 9.47 Å². The number of benzene rings is 1. The summed E-state index contributed by atoms with van der Waals surface area (Å²) in [5.41, 5.74) is 1.05. The lowest BCUT2D eigenvalue weighted by molar-refractivity contribution is 0.0857. The molecule has 114 valence electrons. The molecule has 5 nitrogen and oxygen atoms in total. The SMILES string of the molecule is C[C@H](NC(=O)N[C@H]1CCOc2ccccc21)[C@H]1CCCO1.